The zero-order chi connectivity index (χ0) is 14.2. The molecule has 0 amide bonds. The molecule has 0 radical (unpaired) electrons. The van der Waals surface area contributed by atoms with Crippen LogP contribution in [-0.2, 0) is 22.0 Å². The average Bonchev–Trinajstić information content (AvgIpc) is 3.18. The molecule has 0 unspecified atom stereocenters. The van der Waals surface area contributed by atoms with E-state index in [2.05, 4.69) is 10.1 Å². The molecule has 0 aliphatic heterocycles. The van der Waals surface area contributed by atoms with Gasteiger partial charge in [-0.25, -0.2) is 4.98 Å². The number of hydrogen-bond donors (Lipinski definition) is 0. The third-order valence-electron chi connectivity index (χ3n) is 3.64. The second kappa shape index (κ2) is 4.74. The predicted octanol–water partition coefficient (Wildman–Crippen LogP) is 2.08. The number of carbonyl (C=O) groups is 1. The van der Waals surface area contributed by atoms with Gasteiger partial charge in [0.05, 0.1) is 6.61 Å². The van der Waals surface area contributed by atoms with E-state index in [-0.39, 0.29) is 5.97 Å². The third kappa shape index (κ3) is 1.99. The summed E-state index contributed by atoms with van der Waals surface area (Å²) in [5.74, 6) is 1.17. The molecule has 0 atom stereocenters. The molecule has 1 aromatic heterocycles. The molecule has 2 aromatic rings. The van der Waals surface area contributed by atoms with E-state index >= 15 is 0 Å². The van der Waals surface area contributed by atoms with Crippen molar-refractivity contribution in [3.05, 3.63) is 36.2 Å². The molecular formula is C15H17N3O2. The lowest BCUT2D eigenvalue weighted by Crippen LogP contribution is -2.26. The number of hydrogen-bond acceptors (Lipinski definition) is 4. The molecule has 0 N–H and O–H groups in total. The highest BCUT2D eigenvalue weighted by Crippen LogP contribution is 2.48. The highest BCUT2D eigenvalue weighted by molar-refractivity contribution is 5.85. The zero-order valence-electron chi connectivity index (χ0n) is 11.7. The molecule has 20 heavy (non-hydrogen) atoms. The minimum atomic E-state index is -0.579. The van der Waals surface area contributed by atoms with Gasteiger partial charge in [-0.3, -0.25) is 9.48 Å². The van der Waals surface area contributed by atoms with Gasteiger partial charge in [-0.15, -0.1) is 0 Å². The highest BCUT2D eigenvalue weighted by atomic mass is 16.5. The fourth-order valence-corrected chi connectivity index (χ4v) is 2.42. The Labute approximate surface area is 117 Å². The number of rotatable bonds is 4. The number of nitrogens with zero attached hydrogens (tertiary/aromatic N) is 3. The summed E-state index contributed by atoms with van der Waals surface area (Å²) in [6, 6.07) is 9.77. The van der Waals surface area contributed by atoms with E-state index in [1.165, 1.54) is 0 Å². The summed E-state index contributed by atoms with van der Waals surface area (Å²) < 4.78 is 6.87. The minimum absolute atomic E-state index is 0.185. The van der Waals surface area contributed by atoms with Crippen LogP contribution in [0.1, 0.15) is 25.6 Å². The van der Waals surface area contributed by atoms with Gasteiger partial charge >= 0.3 is 5.97 Å². The van der Waals surface area contributed by atoms with E-state index in [1.54, 1.807) is 4.68 Å². The Morgan fingerprint density at radius 3 is 2.65 bits per heavy atom. The first-order valence-electron chi connectivity index (χ1n) is 6.81. The molecule has 0 saturated heterocycles. The van der Waals surface area contributed by atoms with Crippen LogP contribution >= 0.6 is 0 Å². The van der Waals surface area contributed by atoms with Crippen LogP contribution in [0, 0.1) is 0 Å². The number of benzene rings is 1. The fourth-order valence-electron chi connectivity index (χ4n) is 2.42. The largest absolute Gasteiger partial charge is 0.465 e. The van der Waals surface area contributed by atoms with Crippen LogP contribution in [0.25, 0.3) is 11.4 Å². The first kappa shape index (κ1) is 12.8. The van der Waals surface area contributed by atoms with Gasteiger partial charge in [0.1, 0.15) is 11.2 Å². The molecular weight excluding hydrogens is 254 g/mol. The molecule has 0 bridgehead atoms. The maximum atomic E-state index is 12.1. The van der Waals surface area contributed by atoms with E-state index in [0.717, 1.165) is 18.4 Å². The zero-order valence-corrected chi connectivity index (χ0v) is 11.7. The van der Waals surface area contributed by atoms with E-state index < -0.39 is 5.41 Å². The summed E-state index contributed by atoms with van der Waals surface area (Å²) in [6.07, 6.45) is 1.57. The van der Waals surface area contributed by atoms with Crippen LogP contribution in [0.2, 0.25) is 0 Å². The first-order chi connectivity index (χ1) is 9.67. The molecule has 1 heterocycles. The summed E-state index contributed by atoms with van der Waals surface area (Å²) in [5, 5.41) is 4.43. The summed E-state index contributed by atoms with van der Waals surface area (Å²) in [4.78, 5) is 16.7. The average molecular weight is 271 g/mol. The molecule has 1 aromatic carbocycles. The van der Waals surface area contributed by atoms with Crippen molar-refractivity contribution in [2.24, 2.45) is 7.05 Å². The van der Waals surface area contributed by atoms with Crippen molar-refractivity contribution in [3.63, 3.8) is 0 Å². The standard InChI is InChI=1S/C15H17N3O2/c1-3-20-14(19)15(9-10-15)13-16-12(17-18(13)2)11-7-5-4-6-8-11/h4-8H,3,9-10H2,1-2H3. The SMILES string of the molecule is CCOC(=O)C1(c2nc(-c3ccccc3)nn2C)CC1. The molecule has 1 fully saturated rings. The van der Waals surface area contributed by atoms with Crippen molar-refractivity contribution in [3.8, 4) is 11.4 Å². The van der Waals surface area contributed by atoms with Crippen molar-refractivity contribution < 1.29 is 9.53 Å². The molecule has 3 rings (SSSR count). The van der Waals surface area contributed by atoms with E-state index in [0.29, 0.717) is 18.3 Å². The fraction of sp³-hybridized carbons (Fsp3) is 0.400. The maximum Gasteiger partial charge on any atom is 0.319 e. The van der Waals surface area contributed by atoms with Gasteiger partial charge in [-0.2, -0.15) is 5.10 Å². The van der Waals surface area contributed by atoms with Crippen molar-refractivity contribution in [1.29, 1.82) is 0 Å². The number of aryl methyl sites for hydroxylation is 1. The Kier molecular flexibility index (Phi) is 3.04. The van der Waals surface area contributed by atoms with Crippen LogP contribution < -0.4 is 0 Å². The molecule has 1 aliphatic carbocycles. The van der Waals surface area contributed by atoms with Gasteiger partial charge in [-0.05, 0) is 19.8 Å². The normalized spacial score (nSPS) is 15.9. The summed E-state index contributed by atoms with van der Waals surface area (Å²) in [6.45, 7) is 2.21. The van der Waals surface area contributed by atoms with Crippen LogP contribution in [0.3, 0.4) is 0 Å². The predicted molar refractivity (Wildman–Crippen MR) is 74.0 cm³/mol. The maximum absolute atomic E-state index is 12.1. The van der Waals surface area contributed by atoms with Crippen LogP contribution in [0.15, 0.2) is 30.3 Å². The topological polar surface area (TPSA) is 57.0 Å². The van der Waals surface area contributed by atoms with Gasteiger partial charge in [0.2, 0.25) is 0 Å². The Bertz CT molecular complexity index is 630. The minimum Gasteiger partial charge on any atom is -0.465 e. The van der Waals surface area contributed by atoms with Crippen molar-refractivity contribution in [2.45, 2.75) is 25.2 Å². The van der Waals surface area contributed by atoms with Crippen LogP contribution in [0.5, 0.6) is 0 Å². The summed E-state index contributed by atoms with van der Waals surface area (Å²) in [5.41, 5.74) is 0.374. The number of ether oxygens (including phenoxy) is 1. The second-order valence-corrected chi connectivity index (χ2v) is 5.05. The van der Waals surface area contributed by atoms with Gasteiger partial charge in [0.25, 0.3) is 0 Å². The second-order valence-electron chi connectivity index (χ2n) is 5.05. The Morgan fingerprint density at radius 1 is 1.35 bits per heavy atom. The lowest BCUT2D eigenvalue weighted by Gasteiger charge is -2.12. The van der Waals surface area contributed by atoms with Crippen molar-refractivity contribution in [1.82, 2.24) is 14.8 Å². The Morgan fingerprint density at radius 2 is 2.05 bits per heavy atom. The smallest absolute Gasteiger partial charge is 0.319 e. The monoisotopic (exact) mass is 271 g/mol. The Balaban J connectivity index is 1.96. The first-order valence-corrected chi connectivity index (χ1v) is 6.81. The summed E-state index contributed by atoms with van der Waals surface area (Å²) in [7, 11) is 1.83. The van der Waals surface area contributed by atoms with Gasteiger partial charge in [0.15, 0.2) is 5.82 Å². The van der Waals surface area contributed by atoms with Gasteiger partial charge < -0.3 is 4.74 Å². The molecule has 104 valence electrons. The van der Waals surface area contributed by atoms with E-state index in [9.17, 15) is 4.79 Å². The molecule has 0 spiro atoms. The van der Waals surface area contributed by atoms with Crippen LogP contribution in [0.4, 0.5) is 0 Å². The number of esters is 1. The molecule has 5 nitrogen and oxygen atoms in total. The summed E-state index contributed by atoms with van der Waals surface area (Å²) >= 11 is 0. The van der Waals surface area contributed by atoms with Gasteiger partial charge in [-0.1, -0.05) is 30.3 Å². The highest BCUT2D eigenvalue weighted by Gasteiger charge is 2.56. The quantitative estimate of drug-likeness (QED) is 0.799. The Hall–Kier alpha value is -2.17. The lowest BCUT2D eigenvalue weighted by molar-refractivity contribution is -0.146. The lowest BCUT2D eigenvalue weighted by atomic mass is 10.1. The van der Waals surface area contributed by atoms with E-state index in [1.807, 2.05) is 44.3 Å². The molecule has 1 aliphatic rings. The van der Waals surface area contributed by atoms with Crippen molar-refractivity contribution in [2.75, 3.05) is 6.61 Å². The number of carbonyl (C=O) groups excluding carboxylic acids is 1. The molecule has 1 saturated carbocycles. The number of aromatic nitrogens is 3. The molecule has 5 heteroatoms. The van der Waals surface area contributed by atoms with E-state index in [4.69, 9.17) is 4.74 Å². The van der Waals surface area contributed by atoms with Crippen LogP contribution in [-0.4, -0.2) is 27.3 Å². The van der Waals surface area contributed by atoms with Gasteiger partial charge in [0, 0.05) is 12.6 Å². The third-order valence-corrected chi connectivity index (χ3v) is 3.64. The van der Waals surface area contributed by atoms with Crippen molar-refractivity contribution >= 4 is 5.97 Å².